The predicted molar refractivity (Wildman–Crippen MR) is 146 cm³/mol. The largest absolute Gasteiger partial charge is 0.508 e. The van der Waals surface area contributed by atoms with Gasteiger partial charge in [0.15, 0.2) is 0 Å². The second-order valence-electron chi connectivity index (χ2n) is 9.95. The first-order valence-corrected chi connectivity index (χ1v) is 15.9. The number of phenols is 1. The predicted octanol–water partition coefficient (Wildman–Crippen LogP) is 10.1. The summed E-state index contributed by atoms with van der Waals surface area (Å²) in [6.07, 6.45) is 23.4. The van der Waals surface area contributed by atoms with Crippen molar-refractivity contribution in [3.05, 3.63) is 29.8 Å². The SMILES string of the molecule is CCCCCCCCCCCCCCCCCCOP(=O)(O)C(CCCC)c1ccc(O)cc1. The van der Waals surface area contributed by atoms with Crippen LogP contribution in [0.4, 0.5) is 0 Å². The van der Waals surface area contributed by atoms with E-state index in [0.29, 0.717) is 13.0 Å². The molecule has 0 aliphatic rings. The van der Waals surface area contributed by atoms with E-state index >= 15 is 0 Å². The topological polar surface area (TPSA) is 66.8 Å². The van der Waals surface area contributed by atoms with E-state index in [-0.39, 0.29) is 5.75 Å². The van der Waals surface area contributed by atoms with E-state index in [2.05, 4.69) is 13.8 Å². The molecule has 2 N–H and O–H groups in total. The molecule has 0 bridgehead atoms. The summed E-state index contributed by atoms with van der Waals surface area (Å²) in [4.78, 5) is 10.6. The van der Waals surface area contributed by atoms with Crippen molar-refractivity contribution in [1.29, 1.82) is 0 Å². The van der Waals surface area contributed by atoms with Gasteiger partial charge in [-0.1, -0.05) is 135 Å². The van der Waals surface area contributed by atoms with E-state index in [9.17, 15) is 14.6 Å². The average Bonchev–Trinajstić information content (AvgIpc) is 2.82. The molecule has 198 valence electrons. The van der Waals surface area contributed by atoms with Gasteiger partial charge in [-0.05, 0) is 30.5 Å². The van der Waals surface area contributed by atoms with Crippen molar-refractivity contribution >= 4 is 7.60 Å². The van der Waals surface area contributed by atoms with Crippen LogP contribution in [-0.4, -0.2) is 16.6 Å². The zero-order valence-electron chi connectivity index (χ0n) is 22.2. The van der Waals surface area contributed by atoms with Crippen LogP contribution < -0.4 is 0 Å². The fraction of sp³-hybridized carbons (Fsp3) is 0.793. The zero-order chi connectivity index (χ0) is 24.9. The Bertz CT molecular complexity index is 632. The summed E-state index contributed by atoms with van der Waals surface area (Å²) in [6.45, 7) is 4.69. The lowest BCUT2D eigenvalue weighted by Crippen LogP contribution is -2.05. The third-order valence-electron chi connectivity index (χ3n) is 6.78. The smallest absolute Gasteiger partial charge is 0.335 e. The Kier molecular flexibility index (Phi) is 18.7. The van der Waals surface area contributed by atoms with Crippen molar-refractivity contribution in [1.82, 2.24) is 0 Å². The van der Waals surface area contributed by atoms with Crippen molar-refractivity contribution in [2.45, 2.75) is 142 Å². The van der Waals surface area contributed by atoms with Gasteiger partial charge in [0.25, 0.3) is 0 Å². The molecule has 0 saturated carbocycles. The van der Waals surface area contributed by atoms with E-state index in [1.54, 1.807) is 24.3 Å². The van der Waals surface area contributed by atoms with E-state index in [1.165, 1.54) is 89.9 Å². The monoisotopic (exact) mass is 496 g/mol. The third kappa shape index (κ3) is 15.2. The van der Waals surface area contributed by atoms with Crippen LogP contribution in [0, 0.1) is 0 Å². The molecule has 0 spiro atoms. The van der Waals surface area contributed by atoms with Gasteiger partial charge in [-0.2, -0.15) is 0 Å². The van der Waals surface area contributed by atoms with Crippen molar-refractivity contribution in [3.8, 4) is 5.75 Å². The number of phenolic OH excluding ortho intramolecular Hbond substituents is 1. The van der Waals surface area contributed by atoms with Gasteiger partial charge in [0.05, 0.1) is 12.3 Å². The number of hydrogen-bond acceptors (Lipinski definition) is 3. The van der Waals surface area contributed by atoms with E-state index in [4.69, 9.17) is 4.52 Å². The number of aromatic hydroxyl groups is 1. The van der Waals surface area contributed by atoms with Crippen LogP contribution in [0.15, 0.2) is 24.3 Å². The first-order chi connectivity index (χ1) is 16.5. The van der Waals surface area contributed by atoms with Gasteiger partial charge in [-0.3, -0.25) is 4.57 Å². The summed E-state index contributed by atoms with van der Waals surface area (Å²) in [6, 6.07) is 6.61. The summed E-state index contributed by atoms with van der Waals surface area (Å²) in [5.41, 5.74) is 0.248. The van der Waals surface area contributed by atoms with E-state index < -0.39 is 13.3 Å². The minimum atomic E-state index is -3.74. The number of benzene rings is 1. The maximum Gasteiger partial charge on any atom is 0.335 e. The first-order valence-electron chi connectivity index (χ1n) is 14.3. The maximum absolute atomic E-state index is 12.9. The molecule has 0 amide bonds. The summed E-state index contributed by atoms with van der Waals surface area (Å²) in [5.74, 6) is 0.167. The van der Waals surface area contributed by atoms with Crippen LogP contribution in [0.1, 0.15) is 147 Å². The van der Waals surface area contributed by atoms with Crippen LogP contribution in [0.2, 0.25) is 0 Å². The molecular formula is C29H53O4P. The van der Waals surface area contributed by atoms with E-state index in [0.717, 1.165) is 31.2 Å². The zero-order valence-corrected chi connectivity index (χ0v) is 23.1. The van der Waals surface area contributed by atoms with Gasteiger partial charge in [0, 0.05) is 0 Å². The molecule has 1 rings (SSSR count). The number of hydrogen-bond donors (Lipinski definition) is 2. The van der Waals surface area contributed by atoms with Crippen molar-refractivity contribution in [2.24, 2.45) is 0 Å². The molecule has 2 unspecified atom stereocenters. The highest BCUT2D eigenvalue weighted by Crippen LogP contribution is 2.58. The van der Waals surface area contributed by atoms with Crippen LogP contribution in [-0.2, 0) is 9.09 Å². The Morgan fingerprint density at radius 3 is 1.53 bits per heavy atom. The summed E-state index contributed by atoms with van der Waals surface area (Å²) in [7, 11) is -3.74. The standard InChI is InChI=1S/C29H53O4P/c1-3-5-7-8-9-10-11-12-13-14-15-16-17-18-19-20-26-33-34(31,32)29(21-6-4-2)27-22-24-28(30)25-23-27/h22-25,29-30H,3-21,26H2,1-2H3,(H,31,32). The number of rotatable bonds is 23. The molecule has 0 aliphatic heterocycles. The Morgan fingerprint density at radius 1 is 0.676 bits per heavy atom. The molecule has 2 atom stereocenters. The van der Waals surface area contributed by atoms with Gasteiger partial charge in [-0.15, -0.1) is 0 Å². The Morgan fingerprint density at radius 2 is 1.09 bits per heavy atom. The lowest BCUT2D eigenvalue weighted by Gasteiger charge is -2.23. The Balaban J connectivity index is 2.06. The molecule has 5 heteroatoms. The molecule has 0 radical (unpaired) electrons. The second kappa shape index (κ2) is 20.4. The average molecular weight is 497 g/mol. The van der Waals surface area contributed by atoms with Gasteiger partial charge >= 0.3 is 7.60 Å². The quantitative estimate of drug-likeness (QED) is 0.117. The van der Waals surface area contributed by atoms with Gasteiger partial charge in [-0.25, -0.2) is 0 Å². The van der Waals surface area contributed by atoms with Crippen molar-refractivity contribution in [2.75, 3.05) is 6.61 Å². The van der Waals surface area contributed by atoms with Gasteiger partial charge < -0.3 is 14.5 Å². The molecule has 1 aromatic carbocycles. The lowest BCUT2D eigenvalue weighted by molar-refractivity contribution is 0.242. The molecule has 0 heterocycles. The third-order valence-corrected chi connectivity index (χ3v) is 8.67. The molecule has 0 aliphatic carbocycles. The van der Waals surface area contributed by atoms with Gasteiger partial charge in [0.1, 0.15) is 5.75 Å². The van der Waals surface area contributed by atoms with Gasteiger partial charge in [0.2, 0.25) is 0 Å². The van der Waals surface area contributed by atoms with Crippen molar-refractivity contribution in [3.63, 3.8) is 0 Å². The molecule has 0 saturated heterocycles. The number of unbranched alkanes of at least 4 members (excludes halogenated alkanes) is 16. The minimum absolute atomic E-state index is 0.167. The normalized spacial score (nSPS) is 14.2. The Hall–Kier alpha value is -0.830. The molecule has 34 heavy (non-hydrogen) atoms. The summed E-state index contributed by atoms with van der Waals surface area (Å²) >= 11 is 0. The highest BCUT2D eigenvalue weighted by Gasteiger charge is 2.33. The van der Waals surface area contributed by atoms with E-state index in [1.807, 2.05) is 0 Å². The minimum Gasteiger partial charge on any atom is -0.508 e. The second-order valence-corrected chi connectivity index (χ2v) is 12.0. The van der Waals surface area contributed by atoms with Crippen LogP contribution >= 0.6 is 7.60 Å². The molecule has 0 fully saturated rings. The summed E-state index contributed by atoms with van der Waals surface area (Å²) in [5, 5.41) is 9.52. The molecular weight excluding hydrogens is 443 g/mol. The molecule has 4 nitrogen and oxygen atoms in total. The summed E-state index contributed by atoms with van der Waals surface area (Å²) < 4.78 is 18.5. The van der Waals surface area contributed by atoms with Crippen molar-refractivity contribution < 1.29 is 19.1 Å². The fourth-order valence-electron chi connectivity index (χ4n) is 4.55. The van der Waals surface area contributed by atoms with Crippen LogP contribution in [0.3, 0.4) is 0 Å². The molecule has 0 aromatic heterocycles. The molecule has 1 aromatic rings. The highest BCUT2D eigenvalue weighted by molar-refractivity contribution is 7.53. The fourth-order valence-corrected chi connectivity index (χ4v) is 6.18. The maximum atomic E-state index is 12.9. The Labute approximate surface area is 210 Å². The first kappa shape index (κ1) is 31.2. The highest BCUT2D eigenvalue weighted by atomic mass is 31.2. The van der Waals surface area contributed by atoms with Crippen LogP contribution in [0.5, 0.6) is 5.75 Å². The lowest BCUT2D eigenvalue weighted by atomic mass is 10.0. The van der Waals surface area contributed by atoms with Crippen LogP contribution in [0.25, 0.3) is 0 Å².